The molecular formula is C5H9N2. The standard InChI is InChI=1S/C5H9N2/c1-5-6-3-2-4-7-5/h2H,3-4H2,1H3,(H,6,7). The molecule has 0 unspecified atom stereocenters. The van der Waals surface area contributed by atoms with Crippen molar-refractivity contribution in [2.45, 2.75) is 6.92 Å². The van der Waals surface area contributed by atoms with Gasteiger partial charge in [0.05, 0.1) is 5.84 Å². The van der Waals surface area contributed by atoms with E-state index in [2.05, 4.69) is 16.7 Å². The molecule has 0 saturated heterocycles. The average molecular weight is 97.1 g/mol. The number of rotatable bonds is 0. The second-order valence-corrected chi connectivity index (χ2v) is 1.60. The molecule has 2 nitrogen and oxygen atoms in total. The molecule has 0 bridgehead atoms. The first kappa shape index (κ1) is 4.62. The molecule has 0 spiro atoms. The van der Waals surface area contributed by atoms with E-state index in [1.165, 1.54) is 0 Å². The first-order chi connectivity index (χ1) is 3.39. The van der Waals surface area contributed by atoms with Crippen molar-refractivity contribution in [1.82, 2.24) is 5.32 Å². The Morgan fingerprint density at radius 2 is 2.71 bits per heavy atom. The van der Waals surface area contributed by atoms with E-state index in [-0.39, 0.29) is 0 Å². The van der Waals surface area contributed by atoms with Crippen LogP contribution >= 0.6 is 0 Å². The topological polar surface area (TPSA) is 24.4 Å². The van der Waals surface area contributed by atoms with Crippen LogP contribution in [0.2, 0.25) is 0 Å². The third-order valence-electron chi connectivity index (χ3n) is 0.960. The molecule has 1 aliphatic heterocycles. The molecule has 0 atom stereocenters. The van der Waals surface area contributed by atoms with E-state index < -0.39 is 0 Å². The molecular weight excluding hydrogens is 88.1 g/mol. The summed E-state index contributed by atoms with van der Waals surface area (Å²) in [5.74, 6) is 1.06. The Kier molecular flexibility index (Phi) is 1.29. The predicted molar refractivity (Wildman–Crippen MR) is 30.3 cm³/mol. The molecule has 1 rings (SSSR count). The molecule has 0 aromatic rings. The van der Waals surface area contributed by atoms with Crippen LogP contribution in [-0.4, -0.2) is 18.9 Å². The zero-order valence-electron chi connectivity index (χ0n) is 4.44. The van der Waals surface area contributed by atoms with E-state index in [4.69, 9.17) is 0 Å². The predicted octanol–water partition coefficient (Wildman–Crippen LogP) is 0.212. The monoisotopic (exact) mass is 97.1 g/mol. The van der Waals surface area contributed by atoms with Gasteiger partial charge < -0.3 is 5.32 Å². The fourth-order valence-corrected chi connectivity index (χ4v) is 0.542. The highest BCUT2D eigenvalue weighted by Crippen LogP contribution is 1.84. The largest absolute Gasteiger partial charge is 0.374 e. The van der Waals surface area contributed by atoms with Gasteiger partial charge in [0.2, 0.25) is 0 Å². The van der Waals surface area contributed by atoms with Crippen LogP contribution in [0.15, 0.2) is 4.99 Å². The van der Waals surface area contributed by atoms with Crippen LogP contribution < -0.4 is 5.32 Å². The Morgan fingerprint density at radius 3 is 3.00 bits per heavy atom. The maximum absolute atomic E-state index is 4.08. The highest BCUT2D eigenvalue weighted by Gasteiger charge is 1.94. The van der Waals surface area contributed by atoms with Crippen LogP contribution in [0.1, 0.15) is 6.92 Å². The van der Waals surface area contributed by atoms with E-state index in [9.17, 15) is 0 Å². The molecule has 0 aromatic heterocycles. The van der Waals surface area contributed by atoms with Gasteiger partial charge in [-0.25, -0.2) is 0 Å². The fraction of sp³-hybridized carbons (Fsp3) is 0.600. The lowest BCUT2D eigenvalue weighted by Crippen LogP contribution is -2.26. The van der Waals surface area contributed by atoms with E-state index in [0.717, 1.165) is 18.9 Å². The quantitative estimate of drug-likeness (QED) is 0.459. The second-order valence-electron chi connectivity index (χ2n) is 1.60. The van der Waals surface area contributed by atoms with Gasteiger partial charge in [0.1, 0.15) is 0 Å². The zero-order chi connectivity index (χ0) is 5.11. The van der Waals surface area contributed by atoms with Crippen molar-refractivity contribution in [3.05, 3.63) is 6.42 Å². The number of nitrogens with one attached hydrogen (secondary N) is 1. The van der Waals surface area contributed by atoms with Gasteiger partial charge in [-0.2, -0.15) is 0 Å². The Balaban J connectivity index is 2.40. The van der Waals surface area contributed by atoms with Crippen LogP contribution in [-0.2, 0) is 0 Å². The summed E-state index contributed by atoms with van der Waals surface area (Å²) < 4.78 is 0. The second kappa shape index (κ2) is 1.96. The van der Waals surface area contributed by atoms with Crippen LogP contribution in [0, 0.1) is 6.42 Å². The third kappa shape index (κ3) is 1.18. The number of nitrogens with zero attached hydrogens (tertiary/aromatic N) is 1. The summed E-state index contributed by atoms with van der Waals surface area (Å²) in [5, 5.41) is 3.08. The molecule has 0 aromatic carbocycles. The Labute approximate surface area is 43.6 Å². The Morgan fingerprint density at radius 1 is 1.86 bits per heavy atom. The maximum Gasteiger partial charge on any atom is 0.0931 e. The summed E-state index contributed by atoms with van der Waals surface area (Å²) in [4.78, 5) is 4.08. The lowest BCUT2D eigenvalue weighted by molar-refractivity contribution is 0.876. The van der Waals surface area contributed by atoms with E-state index >= 15 is 0 Å². The van der Waals surface area contributed by atoms with E-state index in [1.807, 2.05) is 6.92 Å². The maximum atomic E-state index is 4.08. The molecule has 2 heteroatoms. The molecule has 1 radical (unpaired) electrons. The fourth-order valence-electron chi connectivity index (χ4n) is 0.542. The van der Waals surface area contributed by atoms with Gasteiger partial charge in [0, 0.05) is 19.5 Å². The summed E-state index contributed by atoms with van der Waals surface area (Å²) in [6, 6.07) is 0. The highest BCUT2D eigenvalue weighted by molar-refractivity contribution is 5.80. The summed E-state index contributed by atoms with van der Waals surface area (Å²) >= 11 is 0. The van der Waals surface area contributed by atoms with Crippen molar-refractivity contribution in [2.75, 3.05) is 13.1 Å². The SMILES string of the molecule is CC1=NC[CH]CN1. The molecule has 39 valence electrons. The lowest BCUT2D eigenvalue weighted by atomic mass is 10.4. The highest BCUT2D eigenvalue weighted by atomic mass is 15.0. The molecule has 1 N–H and O–H groups in total. The van der Waals surface area contributed by atoms with Crippen molar-refractivity contribution < 1.29 is 0 Å². The van der Waals surface area contributed by atoms with Gasteiger partial charge in [-0.15, -0.1) is 0 Å². The molecule has 0 aliphatic carbocycles. The van der Waals surface area contributed by atoms with Gasteiger partial charge in [-0.05, 0) is 6.92 Å². The number of amidine groups is 1. The Hall–Kier alpha value is -0.530. The van der Waals surface area contributed by atoms with Gasteiger partial charge >= 0.3 is 0 Å². The number of hydrogen-bond donors (Lipinski definition) is 1. The third-order valence-corrected chi connectivity index (χ3v) is 0.960. The van der Waals surface area contributed by atoms with Crippen LogP contribution in [0.3, 0.4) is 0 Å². The van der Waals surface area contributed by atoms with Crippen LogP contribution in [0.25, 0.3) is 0 Å². The molecule has 7 heavy (non-hydrogen) atoms. The van der Waals surface area contributed by atoms with Crippen molar-refractivity contribution in [2.24, 2.45) is 4.99 Å². The zero-order valence-corrected chi connectivity index (χ0v) is 4.44. The lowest BCUT2D eigenvalue weighted by Gasteiger charge is -2.08. The summed E-state index contributed by atoms with van der Waals surface area (Å²) in [7, 11) is 0. The first-order valence-electron chi connectivity index (χ1n) is 2.46. The molecule has 0 saturated carbocycles. The number of hydrogen-bond acceptors (Lipinski definition) is 2. The van der Waals surface area contributed by atoms with Gasteiger partial charge in [-0.1, -0.05) is 0 Å². The average Bonchev–Trinajstić information content (AvgIpc) is 1.69. The minimum absolute atomic E-state index is 0.888. The van der Waals surface area contributed by atoms with Gasteiger partial charge in [0.15, 0.2) is 0 Å². The molecule has 0 fully saturated rings. The Bertz CT molecular complexity index is 86.1. The summed E-state index contributed by atoms with van der Waals surface area (Å²) in [5.41, 5.74) is 0. The van der Waals surface area contributed by atoms with Crippen molar-refractivity contribution in [3.63, 3.8) is 0 Å². The van der Waals surface area contributed by atoms with Gasteiger partial charge in [0.25, 0.3) is 0 Å². The van der Waals surface area contributed by atoms with Crippen molar-refractivity contribution in [1.29, 1.82) is 0 Å². The number of aliphatic imine (C=N–C) groups is 1. The van der Waals surface area contributed by atoms with Crippen LogP contribution in [0.4, 0.5) is 0 Å². The van der Waals surface area contributed by atoms with Gasteiger partial charge in [-0.3, -0.25) is 4.99 Å². The first-order valence-corrected chi connectivity index (χ1v) is 2.46. The van der Waals surface area contributed by atoms with Crippen molar-refractivity contribution >= 4 is 5.84 Å². The molecule has 1 aliphatic rings. The molecule has 1 heterocycles. The van der Waals surface area contributed by atoms with Crippen LogP contribution in [0.5, 0.6) is 0 Å². The summed E-state index contributed by atoms with van der Waals surface area (Å²) in [6.45, 7) is 3.85. The van der Waals surface area contributed by atoms with Crippen molar-refractivity contribution in [3.8, 4) is 0 Å². The smallest absolute Gasteiger partial charge is 0.0931 e. The molecule has 0 amide bonds. The van der Waals surface area contributed by atoms with E-state index in [1.54, 1.807) is 0 Å². The minimum Gasteiger partial charge on any atom is -0.374 e. The summed E-state index contributed by atoms with van der Waals surface area (Å²) in [6.07, 6.45) is 2.10. The van der Waals surface area contributed by atoms with E-state index in [0.29, 0.717) is 0 Å². The normalized spacial score (nSPS) is 20.4. The minimum atomic E-state index is 0.888.